The number of ether oxygens (including phenoxy) is 4. The Morgan fingerprint density at radius 2 is 1.05 bits per heavy atom. The van der Waals surface area contributed by atoms with E-state index in [0.29, 0.717) is 0 Å². The van der Waals surface area contributed by atoms with Gasteiger partial charge in [-0.3, -0.25) is 0 Å². The van der Waals surface area contributed by atoms with Gasteiger partial charge in [0.1, 0.15) is 0 Å². The van der Waals surface area contributed by atoms with Crippen molar-refractivity contribution >= 4 is 11.9 Å². The molecular weight excluding hydrogens is 316 g/mol. The van der Waals surface area contributed by atoms with E-state index in [1.807, 2.05) is 0 Å². The van der Waals surface area contributed by atoms with Gasteiger partial charge in [-0.1, -0.05) is 0 Å². The lowest BCUT2D eigenvalue weighted by Crippen LogP contribution is -2.26. The van der Waals surface area contributed by atoms with Gasteiger partial charge in [0.25, 0.3) is 11.5 Å². The Morgan fingerprint density at radius 1 is 0.727 bits per heavy atom. The molecule has 0 spiro atoms. The summed E-state index contributed by atoms with van der Waals surface area (Å²) in [6.45, 7) is 0. The molecule has 0 saturated heterocycles. The number of carbonyl (C=O) groups excluding carboxylic acids is 2. The van der Waals surface area contributed by atoms with Gasteiger partial charge in [-0.2, -0.15) is 8.78 Å². The Morgan fingerprint density at radius 3 is 1.32 bits per heavy atom. The van der Waals surface area contributed by atoms with Crippen LogP contribution in [0.25, 0.3) is 0 Å². The van der Waals surface area contributed by atoms with Crippen LogP contribution in [0.5, 0.6) is 11.5 Å². The van der Waals surface area contributed by atoms with Gasteiger partial charge in [0.05, 0.1) is 14.2 Å². The van der Waals surface area contributed by atoms with Crippen molar-refractivity contribution in [2.45, 2.75) is 0 Å². The van der Waals surface area contributed by atoms with Crippen LogP contribution in [0.4, 0.5) is 17.6 Å². The van der Waals surface area contributed by atoms with Crippen LogP contribution < -0.4 is 9.47 Å². The summed E-state index contributed by atoms with van der Waals surface area (Å²) in [5, 5.41) is 0. The highest BCUT2D eigenvalue weighted by Crippen LogP contribution is 2.42. The number of benzene rings is 1. The van der Waals surface area contributed by atoms with Crippen LogP contribution in [0.3, 0.4) is 0 Å². The second-order valence-corrected chi connectivity index (χ2v) is 3.76. The summed E-state index contributed by atoms with van der Waals surface area (Å²) in [6, 6.07) is 0. The summed E-state index contributed by atoms with van der Waals surface area (Å²) in [5.74, 6) is -15.4. The molecule has 1 aliphatic heterocycles. The van der Waals surface area contributed by atoms with Crippen molar-refractivity contribution in [3.8, 4) is 11.5 Å². The number of methoxy groups -OCH3 is 2. The second kappa shape index (κ2) is 5.54. The SMILES string of the molecule is COC(=O)C1=C(C(=O)OC)Oc2c(F)c(F)c(F)c(F)c2O1. The van der Waals surface area contributed by atoms with E-state index in [2.05, 4.69) is 18.9 Å². The topological polar surface area (TPSA) is 71.1 Å². The van der Waals surface area contributed by atoms with Crippen LogP contribution in [0, 0.1) is 23.3 Å². The Hall–Kier alpha value is -2.78. The molecule has 0 bridgehead atoms. The van der Waals surface area contributed by atoms with Crippen molar-refractivity contribution < 1.29 is 46.1 Å². The number of fused-ring (bicyclic) bond motifs is 1. The first kappa shape index (κ1) is 15.6. The van der Waals surface area contributed by atoms with Gasteiger partial charge < -0.3 is 18.9 Å². The molecule has 2 rings (SSSR count). The highest BCUT2D eigenvalue weighted by atomic mass is 19.2. The molecule has 0 atom stereocenters. The normalized spacial score (nSPS) is 13.0. The summed E-state index contributed by atoms with van der Waals surface area (Å²) in [4.78, 5) is 23.0. The predicted octanol–water partition coefficient (Wildman–Crippen LogP) is 1.57. The van der Waals surface area contributed by atoms with Gasteiger partial charge in [-0.05, 0) is 0 Å². The minimum Gasteiger partial charge on any atom is -0.463 e. The quantitative estimate of drug-likeness (QED) is 0.356. The van der Waals surface area contributed by atoms with Crippen molar-refractivity contribution in [3.63, 3.8) is 0 Å². The second-order valence-electron chi connectivity index (χ2n) is 3.76. The smallest absolute Gasteiger partial charge is 0.378 e. The first-order valence-corrected chi connectivity index (χ1v) is 5.46. The Kier molecular flexibility index (Phi) is 3.93. The lowest BCUT2D eigenvalue weighted by atomic mass is 10.2. The fourth-order valence-electron chi connectivity index (χ4n) is 1.52. The molecule has 0 aliphatic carbocycles. The number of rotatable bonds is 2. The zero-order chi connectivity index (χ0) is 16.6. The molecule has 6 nitrogen and oxygen atoms in total. The molecule has 10 heteroatoms. The van der Waals surface area contributed by atoms with E-state index in [0.717, 1.165) is 14.2 Å². The molecule has 118 valence electrons. The molecule has 1 aromatic rings. The number of hydrogen-bond donors (Lipinski definition) is 0. The average Bonchev–Trinajstić information content (AvgIpc) is 2.55. The van der Waals surface area contributed by atoms with Gasteiger partial charge in [0.15, 0.2) is 0 Å². The molecule has 0 amide bonds. The molecule has 0 aromatic heterocycles. The minimum absolute atomic E-state index is 0.894. The summed E-state index contributed by atoms with van der Waals surface area (Å²) in [7, 11) is 1.79. The molecule has 0 N–H and O–H groups in total. The first-order valence-electron chi connectivity index (χ1n) is 5.46. The van der Waals surface area contributed by atoms with E-state index in [4.69, 9.17) is 0 Å². The van der Waals surface area contributed by atoms with Crippen LogP contribution in [0.1, 0.15) is 0 Å². The largest absolute Gasteiger partial charge is 0.463 e. The third kappa shape index (κ3) is 2.22. The first-order chi connectivity index (χ1) is 10.3. The molecule has 0 saturated carbocycles. The van der Waals surface area contributed by atoms with Gasteiger partial charge in [-0.25, -0.2) is 18.4 Å². The Labute approximate surface area is 119 Å². The highest BCUT2D eigenvalue weighted by molar-refractivity contribution is 5.98. The van der Waals surface area contributed by atoms with Crippen LogP contribution >= 0.6 is 0 Å². The van der Waals surface area contributed by atoms with Gasteiger partial charge in [-0.15, -0.1) is 0 Å². The summed E-state index contributed by atoms with van der Waals surface area (Å²) >= 11 is 0. The average molecular weight is 322 g/mol. The zero-order valence-electron chi connectivity index (χ0n) is 11.0. The molecule has 22 heavy (non-hydrogen) atoms. The number of halogens is 4. The van der Waals surface area contributed by atoms with Gasteiger partial charge >= 0.3 is 11.9 Å². The molecule has 1 aliphatic rings. The van der Waals surface area contributed by atoms with Crippen molar-refractivity contribution in [1.82, 2.24) is 0 Å². The lowest BCUT2D eigenvalue weighted by Gasteiger charge is -2.22. The maximum absolute atomic E-state index is 13.6. The number of carbonyl (C=O) groups is 2. The molecule has 0 radical (unpaired) electrons. The van der Waals surface area contributed by atoms with Crippen LogP contribution in [0.2, 0.25) is 0 Å². The van der Waals surface area contributed by atoms with Crippen molar-refractivity contribution in [2.24, 2.45) is 0 Å². The van der Waals surface area contributed by atoms with Crippen LogP contribution in [0.15, 0.2) is 11.5 Å². The Bertz CT molecular complexity index is 653. The van der Waals surface area contributed by atoms with Crippen molar-refractivity contribution in [1.29, 1.82) is 0 Å². The third-order valence-corrected chi connectivity index (χ3v) is 2.54. The Balaban J connectivity index is 2.67. The summed E-state index contributed by atoms with van der Waals surface area (Å²) in [6.07, 6.45) is 0. The van der Waals surface area contributed by atoms with E-state index < -0.39 is 58.2 Å². The van der Waals surface area contributed by atoms with E-state index >= 15 is 0 Å². The van der Waals surface area contributed by atoms with Gasteiger partial charge in [0.2, 0.25) is 34.8 Å². The highest BCUT2D eigenvalue weighted by Gasteiger charge is 2.39. The van der Waals surface area contributed by atoms with Crippen LogP contribution in [-0.4, -0.2) is 26.2 Å². The van der Waals surface area contributed by atoms with Crippen molar-refractivity contribution in [2.75, 3.05) is 14.2 Å². The van der Waals surface area contributed by atoms with Crippen LogP contribution in [-0.2, 0) is 19.1 Å². The molecule has 0 fully saturated rings. The van der Waals surface area contributed by atoms with Gasteiger partial charge in [0, 0.05) is 0 Å². The maximum atomic E-state index is 13.6. The maximum Gasteiger partial charge on any atom is 0.378 e. The zero-order valence-corrected chi connectivity index (χ0v) is 11.0. The fourth-order valence-corrected chi connectivity index (χ4v) is 1.52. The molecule has 1 heterocycles. The number of hydrogen-bond acceptors (Lipinski definition) is 6. The summed E-state index contributed by atoms with van der Waals surface area (Å²) < 4.78 is 71.3. The fraction of sp³-hybridized carbons (Fsp3) is 0.167. The van der Waals surface area contributed by atoms with Crippen molar-refractivity contribution in [3.05, 3.63) is 34.8 Å². The van der Waals surface area contributed by atoms with E-state index in [-0.39, 0.29) is 0 Å². The number of esters is 2. The predicted molar refractivity (Wildman–Crippen MR) is 58.6 cm³/mol. The standard InChI is InChI=1S/C12H6F4O6/c1-19-11(17)9-10(12(18)20-2)22-8-6(16)4(14)3(13)5(15)7(8)21-9/h1-2H3. The third-order valence-electron chi connectivity index (χ3n) is 2.54. The lowest BCUT2D eigenvalue weighted by molar-refractivity contribution is -0.143. The van der Waals surface area contributed by atoms with E-state index in [9.17, 15) is 27.2 Å². The minimum atomic E-state index is -2.18. The molecule has 0 unspecified atom stereocenters. The summed E-state index contributed by atoms with van der Waals surface area (Å²) in [5.41, 5.74) is 0. The van der Waals surface area contributed by atoms with E-state index in [1.165, 1.54) is 0 Å². The molecule has 1 aromatic carbocycles. The molecular formula is C12H6F4O6. The van der Waals surface area contributed by atoms with E-state index in [1.54, 1.807) is 0 Å². The monoisotopic (exact) mass is 322 g/mol.